The first-order chi connectivity index (χ1) is 12.3. The van der Waals surface area contributed by atoms with Gasteiger partial charge in [0.25, 0.3) is 5.91 Å². The van der Waals surface area contributed by atoms with Crippen molar-refractivity contribution in [1.29, 1.82) is 0 Å². The Kier molecular flexibility index (Phi) is 5.02. The standard InChI is InChI=1S/C19H23N3O3S/c1-13-11-16(22(2)3)9-10-18(13)20-19(23)14-5-4-6-17(12-14)26(24,25)21-15-7-8-15/h4-6,9-12,15,21H,7-8H2,1-3H3,(H,20,23). The first-order valence-corrected chi connectivity index (χ1v) is 9.96. The van der Waals surface area contributed by atoms with Crippen LogP contribution in [0.5, 0.6) is 0 Å². The van der Waals surface area contributed by atoms with Gasteiger partial charge in [0.15, 0.2) is 0 Å². The van der Waals surface area contributed by atoms with Gasteiger partial charge in [0, 0.05) is 37.1 Å². The molecule has 2 aromatic rings. The largest absolute Gasteiger partial charge is 0.378 e. The van der Waals surface area contributed by atoms with Gasteiger partial charge in [0.05, 0.1) is 4.90 Å². The molecule has 0 unspecified atom stereocenters. The highest BCUT2D eigenvalue weighted by molar-refractivity contribution is 7.89. The average molecular weight is 373 g/mol. The van der Waals surface area contributed by atoms with Gasteiger partial charge in [0.1, 0.15) is 0 Å². The number of carbonyl (C=O) groups excluding carboxylic acids is 1. The van der Waals surface area contributed by atoms with Crippen LogP contribution in [0, 0.1) is 6.92 Å². The zero-order valence-electron chi connectivity index (χ0n) is 15.1. The summed E-state index contributed by atoms with van der Waals surface area (Å²) in [5.41, 5.74) is 2.98. The van der Waals surface area contributed by atoms with Gasteiger partial charge in [-0.15, -0.1) is 0 Å². The van der Waals surface area contributed by atoms with E-state index in [1.165, 1.54) is 12.1 Å². The third-order valence-electron chi connectivity index (χ3n) is 4.28. The normalized spacial score (nSPS) is 14.1. The molecule has 1 amide bonds. The summed E-state index contributed by atoms with van der Waals surface area (Å²) in [5, 5.41) is 2.85. The van der Waals surface area contributed by atoms with Crippen molar-refractivity contribution >= 4 is 27.3 Å². The van der Waals surface area contributed by atoms with E-state index in [2.05, 4.69) is 10.0 Å². The fourth-order valence-corrected chi connectivity index (χ4v) is 3.90. The second-order valence-corrected chi connectivity index (χ2v) is 8.49. The van der Waals surface area contributed by atoms with Gasteiger partial charge in [0.2, 0.25) is 10.0 Å². The van der Waals surface area contributed by atoms with Gasteiger partial charge < -0.3 is 10.2 Å². The Balaban J connectivity index is 1.79. The Hall–Kier alpha value is -2.38. The zero-order chi connectivity index (χ0) is 18.9. The number of nitrogens with one attached hydrogen (secondary N) is 2. The average Bonchev–Trinajstić information content (AvgIpc) is 3.40. The molecule has 0 bridgehead atoms. The summed E-state index contributed by atoms with van der Waals surface area (Å²) in [6.07, 6.45) is 1.73. The van der Waals surface area contributed by atoms with E-state index in [1.54, 1.807) is 12.1 Å². The van der Waals surface area contributed by atoms with Crippen LogP contribution in [0.1, 0.15) is 28.8 Å². The molecule has 0 radical (unpaired) electrons. The number of hydrogen-bond donors (Lipinski definition) is 2. The molecule has 1 aliphatic rings. The maximum Gasteiger partial charge on any atom is 0.255 e. The fraction of sp³-hybridized carbons (Fsp3) is 0.316. The molecule has 1 aliphatic carbocycles. The molecule has 0 saturated heterocycles. The molecule has 26 heavy (non-hydrogen) atoms. The summed E-state index contributed by atoms with van der Waals surface area (Å²) in [4.78, 5) is 14.7. The van der Waals surface area contributed by atoms with Crippen LogP contribution in [-0.4, -0.2) is 34.5 Å². The van der Waals surface area contributed by atoms with E-state index in [4.69, 9.17) is 0 Å². The Bertz CT molecular complexity index is 935. The Labute approximate surface area is 154 Å². The van der Waals surface area contributed by atoms with Crippen LogP contribution >= 0.6 is 0 Å². The molecular formula is C19H23N3O3S. The van der Waals surface area contributed by atoms with Gasteiger partial charge in [-0.05, 0) is 61.7 Å². The zero-order valence-corrected chi connectivity index (χ0v) is 15.9. The third kappa shape index (κ3) is 4.23. The lowest BCUT2D eigenvalue weighted by molar-refractivity contribution is 0.102. The molecular weight excluding hydrogens is 350 g/mol. The first-order valence-electron chi connectivity index (χ1n) is 8.48. The van der Waals surface area contributed by atoms with Crippen molar-refractivity contribution in [3.05, 3.63) is 53.6 Å². The number of sulfonamides is 1. The highest BCUT2D eigenvalue weighted by Gasteiger charge is 2.28. The molecule has 0 heterocycles. The van der Waals surface area contributed by atoms with E-state index in [0.717, 1.165) is 24.1 Å². The molecule has 1 fully saturated rings. The van der Waals surface area contributed by atoms with Gasteiger partial charge in [-0.3, -0.25) is 4.79 Å². The van der Waals surface area contributed by atoms with Crippen LogP contribution in [-0.2, 0) is 10.0 Å². The molecule has 0 aliphatic heterocycles. The molecule has 6 nitrogen and oxygen atoms in total. The van der Waals surface area contributed by atoms with Crippen LogP contribution in [0.4, 0.5) is 11.4 Å². The van der Waals surface area contributed by atoms with E-state index < -0.39 is 10.0 Å². The lowest BCUT2D eigenvalue weighted by atomic mass is 10.1. The number of rotatable bonds is 6. The number of anilines is 2. The second-order valence-electron chi connectivity index (χ2n) is 6.77. The van der Waals surface area contributed by atoms with Crippen LogP contribution in [0.15, 0.2) is 47.4 Å². The number of benzene rings is 2. The summed E-state index contributed by atoms with van der Waals surface area (Å²) >= 11 is 0. The number of amides is 1. The van der Waals surface area contributed by atoms with Gasteiger partial charge in [-0.2, -0.15) is 0 Å². The number of nitrogens with zero attached hydrogens (tertiary/aromatic N) is 1. The maximum atomic E-state index is 12.6. The molecule has 2 aromatic carbocycles. The first kappa shape index (κ1) is 18.4. The predicted molar refractivity (Wildman–Crippen MR) is 103 cm³/mol. The second kappa shape index (κ2) is 7.09. The topological polar surface area (TPSA) is 78.5 Å². The Morgan fingerprint density at radius 3 is 2.46 bits per heavy atom. The summed E-state index contributed by atoms with van der Waals surface area (Å²) in [6.45, 7) is 1.92. The highest BCUT2D eigenvalue weighted by Crippen LogP contribution is 2.24. The molecule has 1 saturated carbocycles. The number of aryl methyl sites for hydroxylation is 1. The molecule has 138 valence electrons. The molecule has 0 atom stereocenters. The van der Waals surface area contributed by atoms with E-state index in [-0.39, 0.29) is 16.8 Å². The molecule has 3 rings (SSSR count). The summed E-state index contributed by atoms with van der Waals surface area (Å²) in [7, 11) is 0.321. The smallest absolute Gasteiger partial charge is 0.255 e. The summed E-state index contributed by atoms with van der Waals surface area (Å²) < 4.78 is 27.3. The van der Waals surface area contributed by atoms with Crippen molar-refractivity contribution < 1.29 is 13.2 Å². The molecule has 2 N–H and O–H groups in total. The van der Waals surface area contributed by atoms with Crippen molar-refractivity contribution in [1.82, 2.24) is 4.72 Å². The summed E-state index contributed by atoms with van der Waals surface area (Å²) in [6, 6.07) is 11.9. The van der Waals surface area contributed by atoms with Crippen LogP contribution in [0.25, 0.3) is 0 Å². The van der Waals surface area contributed by atoms with Crippen molar-refractivity contribution in [2.45, 2.75) is 30.7 Å². The van der Waals surface area contributed by atoms with Crippen molar-refractivity contribution in [3.8, 4) is 0 Å². The van der Waals surface area contributed by atoms with Crippen LogP contribution in [0.2, 0.25) is 0 Å². The quantitative estimate of drug-likeness (QED) is 0.816. The van der Waals surface area contributed by atoms with Crippen LogP contribution in [0.3, 0.4) is 0 Å². The van der Waals surface area contributed by atoms with Gasteiger partial charge >= 0.3 is 0 Å². The minimum Gasteiger partial charge on any atom is -0.378 e. The maximum absolute atomic E-state index is 12.6. The predicted octanol–water partition coefficient (Wildman–Crippen LogP) is 2.75. The van der Waals surface area contributed by atoms with E-state index in [1.807, 2.05) is 44.1 Å². The minimum atomic E-state index is -3.58. The van der Waals surface area contributed by atoms with Crippen molar-refractivity contribution in [3.63, 3.8) is 0 Å². The fourth-order valence-electron chi connectivity index (χ4n) is 2.55. The molecule has 0 spiro atoms. The third-order valence-corrected chi connectivity index (χ3v) is 5.80. The van der Waals surface area contributed by atoms with E-state index in [0.29, 0.717) is 11.3 Å². The number of hydrogen-bond acceptors (Lipinski definition) is 4. The highest BCUT2D eigenvalue weighted by atomic mass is 32.2. The lowest BCUT2D eigenvalue weighted by Crippen LogP contribution is -2.26. The van der Waals surface area contributed by atoms with Gasteiger partial charge in [-0.1, -0.05) is 6.07 Å². The Morgan fingerprint density at radius 1 is 1.12 bits per heavy atom. The lowest BCUT2D eigenvalue weighted by Gasteiger charge is -2.15. The monoisotopic (exact) mass is 373 g/mol. The van der Waals surface area contributed by atoms with E-state index >= 15 is 0 Å². The van der Waals surface area contributed by atoms with Gasteiger partial charge in [-0.25, -0.2) is 13.1 Å². The van der Waals surface area contributed by atoms with Crippen LogP contribution < -0.4 is 14.9 Å². The molecule has 0 aromatic heterocycles. The number of carbonyl (C=O) groups is 1. The molecule has 7 heteroatoms. The summed E-state index contributed by atoms with van der Waals surface area (Å²) in [5.74, 6) is -0.339. The SMILES string of the molecule is Cc1cc(N(C)C)ccc1NC(=O)c1cccc(S(=O)(=O)NC2CC2)c1. The van der Waals surface area contributed by atoms with E-state index in [9.17, 15) is 13.2 Å². The minimum absolute atomic E-state index is 0.0235. The Morgan fingerprint density at radius 2 is 1.85 bits per heavy atom. The van der Waals surface area contributed by atoms with Crippen molar-refractivity contribution in [2.24, 2.45) is 0 Å². The van der Waals surface area contributed by atoms with Crippen molar-refractivity contribution in [2.75, 3.05) is 24.3 Å².